The van der Waals surface area contributed by atoms with Gasteiger partial charge in [0.25, 0.3) is 0 Å². The largest absolute Gasteiger partial charge is 0.393 e. The summed E-state index contributed by atoms with van der Waals surface area (Å²) in [7, 11) is 0. The van der Waals surface area contributed by atoms with Gasteiger partial charge in [0, 0.05) is 0 Å². The van der Waals surface area contributed by atoms with Gasteiger partial charge in [0.05, 0.1) is 6.10 Å². The summed E-state index contributed by atoms with van der Waals surface area (Å²) in [5, 5.41) is 10.4. The van der Waals surface area contributed by atoms with Crippen LogP contribution < -0.4 is 0 Å². The van der Waals surface area contributed by atoms with Crippen LogP contribution in [0.1, 0.15) is 63.0 Å². The summed E-state index contributed by atoms with van der Waals surface area (Å²) in [6, 6.07) is 8.79. The van der Waals surface area contributed by atoms with Crippen LogP contribution in [0.4, 0.5) is 0 Å². The van der Waals surface area contributed by atoms with Gasteiger partial charge >= 0.3 is 0 Å². The van der Waals surface area contributed by atoms with Crippen molar-refractivity contribution in [3.05, 3.63) is 35.4 Å². The highest BCUT2D eigenvalue weighted by Gasteiger charge is 2.25. The molecule has 1 N–H and O–H groups in total. The van der Waals surface area contributed by atoms with E-state index in [0.717, 1.165) is 19.3 Å². The van der Waals surface area contributed by atoms with E-state index in [-0.39, 0.29) is 6.10 Å². The molecule has 0 radical (unpaired) electrons. The van der Waals surface area contributed by atoms with Gasteiger partial charge in [-0.2, -0.15) is 0 Å². The lowest BCUT2D eigenvalue weighted by Gasteiger charge is -2.29. The normalized spacial score (nSPS) is 20.8. The van der Waals surface area contributed by atoms with Crippen molar-refractivity contribution in [1.82, 2.24) is 0 Å². The quantitative estimate of drug-likeness (QED) is 0.821. The van der Waals surface area contributed by atoms with Crippen LogP contribution in [0.2, 0.25) is 0 Å². The second-order valence-corrected chi connectivity index (χ2v) is 5.67. The monoisotopic (exact) mass is 246 g/mol. The lowest BCUT2D eigenvalue weighted by molar-refractivity contribution is 0.0849. The molecule has 0 fully saturated rings. The Morgan fingerprint density at radius 1 is 1.22 bits per heavy atom. The molecule has 2 unspecified atom stereocenters. The zero-order valence-corrected chi connectivity index (χ0v) is 11.7. The summed E-state index contributed by atoms with van der Waals surface area (Å²) in [6.45, 7) is 4.37. The van der Waals surface area contributed by atoms with Gasteiger partial charge in [-0.05, 0) is 48.6 Å². The molecule has 0 saturated carbocycles. The van der Waals surface area contributed by atoms with E-state index in [0.29, 0.717) is 11.8 Å². The predicted molar refractivity (Wildman–Crippen MR) is 76.8 cm³/mol. The summed E-state index contributed by atoms with van der Waals surface area (Å²) in [5.41, 5.74) is 3.00. The Labute approximate surface area is 111 Å². The first-order chi connectivity index (χ1) is 8.76. The fourth-order valence-corrected chi connectivity index (χ4v) is 3.42. The molecule has 2 atom stereocenters. The number of rotatable bonds is 5. The van der Waals surface area contributed by atoms with Gasteiger partial charge in [-0.1, -0.05) is 51.0 Å². The molecule has 1 aliphatic carbocycles. The van der Waals surface area contributed by atoms with Gasteiger partial charge < -0.3 is 5.11 Å². The Bertz CT molecular complexity index is 368. The molecule has 1 aliphatic rings. The smallest absolute Gasteiger partial charge is 0.0574 e. The maximum absolute atomic E-state index is 10.4. The molecule has 0 aromatic heterocycles. The maximum atomic E-state index is 10.4. The molecular formula is C17H26O. The molecule has 0 saturated heterocycles. The third kappa shape index (κ3) is 2.95. The van der Waals surface area contributed by atoms with Crippen molar-refractivity contribution in [2.45, 2.75) is 64.4 Å². The molecule has 18 heavy (non-hydrogen) atoms. The second-order valence-electron chi connectivity index (χ2n) is 5.67. The van der Waals surface area contributed by atoms with Crippen LogP contribution in [0.15, 0.2) is 24.3 Å². The summed E-state index contributed by atoms with van der Waals surface area (Å²) < 4.78 is 0. The zero-order valence-electron chi connectivity index (χ0n) is 11.7. The van der Waals surface area contributed by atoms with Crippen molar-refractivity contribution in [3.8, 4) is 0 Å². The van der Waals surface area contributed by atoms with E-state index in [1.165, 1.54) is 30.4 Å². The summed E-state index contributed by atoms with van der Waals surface area (Å²) in [5.74, 6) is 1.05. The molecule has 2 rings (SSSR count). The highest BCUT2D eigenvalue weighted by atomic mass is 16.3. The summed E-state index contributed by atoms with van der Waals surface area (Å²) in [6.07, 6.45) is 6.73. The number of aliphatic hydroxyl groups is 1. The molecule has 0 amide bonds. The van der Waals surface area contributed by atoms with Gasteiger partial charge in [0.1, 0.15) is 0 Å². The molecule has 0 spiro atoms. The van der Waals surface area contributed by atoms with E-state index in [1.54, 1.807) is 0 Å². The van der Waals surface area contributed by atoms with Crippen LogP contribution >= 0.6 is 0 Å². The topological polar surface area (TPSA) is 20.2 Å². The average molecular weight is 246 g/mol. The molecule has 1 aromatic rings. The van der Waals surface area contributed by atoms with Crippen LogP contribution in [-0.4, -0.2) is 11.2 Å². The first-order valence-corrected chi connectivity index (χ1v) is 7.52. The van der Waals surface area contributed by atoms with Gasteiger partial charge in [-0.25, -0.2) is 0 Å². The standard InChI is InChI=1S/C17H26O/c1-3-13(4-2)17(18)12-15-10-7-9-14-8-5-6-11-16(14)15/h5-6,8,11,13,15,17-18H,3-4,7,9-10,12H2,1-2H3. The molecule has 0 heterocycles. The zero-order chi connectivity index (χ0) is 13.0. The van der Waals surface area contributed by atoms with Crippen LogP contribution in [0.3, 0.4) is 0 Å². The van der Waals surface area contributed by atoms with E-state index in [1.807, 2.05) is 0 Å². The summed E-state index contributed by atoms with van der Waals surface area (Å²) in [4.78, 5) is 0. The van der Waals surface area contributed by atoms with E-state index in [2.05, 4.69) is 38.1 Å². The number of aliphatic hydroxyl groups excluding tert-OH is 1. The molecule has 0 aliphatic heterocycles. The number of fused-ring (bicyclic) bond motifs is 1. The van der Waals surface area contributed by atoms with Gasteiger partial charge in [0.2, 0.25) is 0 Å². The maximum Gasteiger partial charge on any atom is 0.0574 e. The number of hydrogen-bond donors (Lipinski definition) is 1. The molecule has 1 nitrogen and oxygen atoms in total. The van der Waals surface area contributed by atoms with Gasteiger partial charge in [0.15, 0.2) is 0 Å². The molecule has 1 heteroatoms. The van der Waals surface area contributed by atoms with Crippen LogP contribution in [0.25, 0.3) is 0 Å². The summed E-state index contributed by atoms with van der Waals surface area (Å²) >= 11 is 0. The minimum Gasteiger partial charge on any atom is -0.393 e. The predicted octanol–water partition coefficient (Wildman–Crippen LogP) is 4.29. The minimum atomic E-state index is -0.129. The third-order valence-corrected chi connectivity index (χ3v) is 4.61. The second kappa shape index (κ2) is 6.38. The SMILES string of the molecule is CCC(CC)C(O)CC1CCCc2ccccc21. The molecule has 100 valence electrons. The highest BCUT2D eigenvalue weighted by molar-refractivity contribution is 5.32. The van der Waals surface area contributed by atoms with Gasteiger partial charge in [-0.3, -0.25) is 0 Å². The van der Waals surface area contributed by atoms with E-state index >= 15 is 0 Å². The number of aryl methyl sites for hydroxylation is 1. The van der Waals surface area contributed by atoms with Crippen molar-refractivity contribution >= 4 is 0 Å². The highest BCUT2D eigenvalue weighted by Crippen LogP contribution is 2.36. The Morgan fingerprint density at radius 3 is 2.67 bits per heavy atom. The third-order valence-electron chi connectivity index (χ3n) is 4.61. The van der Waals surface area contributed by atoms with Crippen LogP contribution in [0, 0.1) is 5.92 Å². The van der Waals surface area contributed by atoms with E-state index in [9.17, 15) is 5.11 Å². The Kier molecular flexibility index (Phi) is 4.82. The van der Waals surface area contributed by atoms with Crippen molar-refractivity contribution < 1.29 is 5.11 Å². The number of benzene rings is 1. The molecule has 0 bridgehead atoms. The average Bonchev–Trinajstić information content (AvgIpc) is 2.40. The van der Waals surface area contributed by atoms with Crippen LogP contribution in [0.5, 0.6) is 0 Å². The Morgan fingerprint density at radius 2 is 1.94 bits per heavy atom. The number of hydrogen-bond acceptors (Lipinski definition) is 1. The fraction of sp³-hybridized carbons (Fsp3) is 0.647. The lowest BCUT2D eigenvalue weighted by Crippen LogP contribution is -2.23. The van der Waals surface area contributed by atoms with Crippen LogP contribution in [-0.2, 0) is 6.42 Å². The van der Waals surface area contributed by atoms with Crippen molar-refractivity contribution in [2.75, 3.05) is 0 Å². The van der Waals surface area contributed by atoms with E-state index in [4.69, 9.17) is 0 Å². The molecule has 1 aromatic carbocycles. The minimum absolute atomic E-state index is 0.129. The van der Waals surface area contributed by atoms with E-state index < -0.39 is 0 Å². The first-order valence-electron chi connectivity index (χ1n) is 7.52. The van der Waals surface area contributed by atoms with Crippen molar-refractivity contribution in [1.29, 1.82) is 0 Å². The molecular weight excluding hydrogens is 220 g/mol. The lowest BCUT2D eigenvalue weighted by atomic mass is 9.78. The van der Waals surface area contributed by atoms with Crippen molar-refractivity contribution in [3.63, 3.8) is 0 Å². The van der Waals surface area contributed by atoms with Crippen molar-refractivity contribution in [2.24, 2.45) is 5.92 Å². The first kappa shape index (κ1) is 13.6. The fourth-order valence-electron chi connectivity index (χ4n) is 3.42. The Hall–Kier alpha value is -0.820. The Balaban J connectivity index is 2.07. The van der Waals surface area contributed by atoms with Gasteiger partial charge in [-0.15, -0.1) is 0 Å².